The van der Waals surface area contributed by atoms with E-state index in [0.29, 0.717) is 6.61 Å². The summed E-state index contributed by atoms with van der Waals surface area (Å²) in [7, 11) is 0. The third-order valence-corrected chi connectivity index (χ3v) is 3.80. The van der Waals surface area contributed by atoms with Crippen molar-refractivity contribution in [2.45, 2.75) is 37.8 Å². The summed E-state index contributed by atoms with van der Waals surface area (Å²) in [5.74, 6) is -0.0382. The summed E-state index contributed by atoms with van der Waals surface area (Å²) in [5, 5.41) is 6.66. The van der Waals surface area contributed by atoms with Gasteiger partial charge >= 0.3 is 5.97 Å². The Morgan fingerprint density at radius 2 is 2.44 bits per heavy atom. The van der Waals surface area contributed by atoms with Gasteiger partial charge in [-0.15, -0.1) is 6.58 Å². The van der Waals surface area contributed by atoms with E-state index in [9.17, 15) is 4.79 Å². The lowest BCUT2D eigenvalue weighted by molar-refractivity contribution is -0.147. The molecule has 0 spiro atoms. The van der Waals surface area contributed by atoms with Gasteiger partial charge in [-0.3, -0.25) is 0 Å². The first-order valence-electron chi connectivity index (χ1n) is 6.64. The number of nitrogens with one attached hydrogen (secondary N) is 2. The first-order chi connectivity index (χ1) is 8.64. The molecule has 4 heteroatoms. The van der Waals surface area contributed by atoms with Gasteiger partial charge < -0.3 is 15.4 Å². The molecular formula is C14H22N2O2. The summed E-state index contributed by atoms with van der Waals surface area (Å²) >= 11 is 0. The maximum absolute atomic E-state index is 12.1. The third-order valence-electron chi connectivity index (χ3n) is 3.80. The lowest BCUT2D eigenvalue weighted by Gasteiger charge is -2.23. The molecule has 2 aliphatic rings. The Balaban J connectivity index is 2.00. The van der Waals surface area contributed by atoms with Crippen LogP contribution in [0.15, 0.2) is 24.9 Å². The van der Waals surface area contributed by atoms with E-state index in [1.54, 1.807) is 0 Å². The minimum Gasteiger partial charge on any atom is -0.464 e. The highest BCUT2D eigenvalue weighted by Crippen LogP contribution is 2.46. The van der Waals surface area contributed by atoms with Crippen LogP contribution in [-0.4, -0.2) is 30.7 Å². The third kappa shape index (κ3) is 2.29. The summed E-state index contributed by atoms with van der Waals surface area (Å²) < 4.78 is 5.15. The average Bonchev–Trinajstić information content (AvgIpc) is 2.82. The van der Waals surface area contributed by atoms with Crippen molar-refractivity contribution in [3.8, 4) is 0 Å². The van der Waals surface area contributed by atoms with Crippen molar-refractivity contribution in [2.24, 2.45) is 5.92 Å². The number of carbonyl (C=O) groups is 1. The number of carbonyl (C=O) groups excluding carboxylic acids is 1. The van der Waals surface area contributed by atoms with Crippen LogP contribution in [0.5, 0.6) is 0 Å². The average molecular weight is 250 g/mol. The van der Waals surface area contributed by atoms with Crippen molar-refractivity contribution in [3.63, 3.8) is 0 Å². The molecule has 100 valence electrons. The molecule has 1 saturated heterocycles. The molecular weight excluding hydrogens is 228 g/mol. The summed E-state index contributed by atoms with van der Waals surface area (Å²) in [6.45, 7) is 11.1. The number of hydrogen-bond donors (Lipinski definition) is 2. The summed E-state index contributed by atoms with van der Waals surface area (Å²) in [6.07, 6.45) is 4.80. The Bertz CT molecular complexity index is 361. The Kier molecular flexibility index (Phi) is 3.76. The first kappa shape index (κ1) is 13.1. The normalized spacial score (nSPS) is 33.8. The molecule has 1 aliphatic carbocycles. The zero-order valence-electron chi connectivity index (χ0n) is 11.0. The largest absolute Gasteiger partial charge is 0.464 e. The highest BCUT2D eigenvalue weighted by molar-refractivity contribution is 5.86. The van der Waals surface area contributed by atoms with Crippen LogP contribution in [0, 0.1) is 5.92 Å². The minimum atomic E-state index is -0.612. The topological polar surface area (TPSA) is 50.4 Å². The highest BCUT2D eigenvalue weighted by Gasteiger charge is 2.60. The Morgan fingerprint density at radius 1 is 1.67 bits per heavy atom. The molecule has 2 unspecified atom stereocenters. The van der Waals surface area contributed by atoms with Crippen LogP contribution < -0.4 is 10.6 Å². The summed E-state index contributed by atoms with van der Waals surface area (Å²) in [4.78, 5) is 12.1. The maximum atomic E-state index is 12.1. The van der Waals surface area contributed by atoms with Crippen LogP contribution in [0.4, 0.5) is 0 Å². The van der Waals surface area contributed by atoms with Gasteiger partial charge in [-0.1, -0.05) is 12.7 Å². The molecule has 2 fully saturated rings. The van der Waals surface area contributed by atoms with E-state index in [1.807, 2.05) is 13.0 Å². The fraction of sp³-hybridized carbons (Fsp3) is 0.643. The van der Waals surface area contributed by atoms with E-state index >= 15 is 0 Å². The van der Waals surface area contributed by atoms with Crippen LogP contribution in [0.1, 0.15) is 26.2 Å². The fourth-order valence-corrected chi connectivity index (χ4v) is 2.62. The summed E-state index contributed by atoms with van der Waals surface area (Å²) in [6, 6.07) is 0.266. The summed E-state index contributed by atoms with van der Waals surface area (Å²) in [5.41, 5.74) is 0.281. The molecule has 2 N–H and O–H groups in total. The fourth-order valence-electron chi connectivity index (χ4n) is 2.62. The van der Waals surface area contributed by atoms with Crippen molar-refractivity contribution in [1.82, 2.24) is 10.6 Å². The van der Waals surface area contributed by atoms with Gasteiger partial charge in [0.05, 0.1) is 6.61 Å². The van der Waals surface area contributed by atoms with Crippen molar-refractivity contribution in [1.29, 1.82) is 0 Å². The second-order valence-corrected chi connectivity index (χ2v) is 5.04. The van der Waals surface area contributed by atoms with Crippen molar-refractivity contribution in [2.75, 3.05) is 13.2 Å². The number of hydrogen-bond acceptors (Lipinski definition) is 4. The smallest absolute Gasteiger partial charge is 0.332 e. The van der Waals surface area contributed by atoms with Gasteiger partial charge in [-0.05, 0) is 32.7 Å². The molecule has 1 aliphatic heterocycles. The van der Waals surface area contributed by atoms with E-state index in [2.05, 4.69) is 23.8 Å². The van der Waals surface area contributed by atoms with E-state index in [-0.39, 0.29) is 17.9 Å². The zero-order valence-corrected chi connectivity index (χ0v) is 11.0. The molecule has 0 bridgehead atoms. The zero-order chi connectivity index (χ0) is 13.2. The maximum Gasteiger partial charge on any atom is 0.332 e. The highest BCUT2D eigenvalue weighted by atomic mass is 16.5. The predicted molar refractivity (Wildman–Crippen MR) is 71.0 cm³/mol. The van der Waals surface area contributed by atoms with E-state index in [0.717, 1.165) is 31.5 Å². The van der Waals surface area contributed by atoms with Gasteiger partial charge in [-0.25, -0.2) is 4.79 Å². The van der Waals surface area contributed by atoms with E-state index in [4.69, 9.17) is 4.74 Å². The van der Waals surface area contributed by atoms with Gasteiger partial charge in [-0.2, -0.15) is 0 Å². The quantitative estimate of drug-likeness (QED) is 0.552. The van der Waals surface area contributed by atoms with Crippen LogP contribution in [0.2, 0.25) is 0 Å². The molecule has 3 atom stereocenters. The lowest BCUT2D eigenvalue weighted by atomic mass is 10.1. The molecule has 0 aromatic carbocycles. The van der Waals surface area contributed by atoms with Crippen LogP contribution >= 0.6 is 0 Å². The molecule has 2 rings (SSSR count). The van der Waals surface area contributed by atoms with Gasteiger partial charge in [0.15, 0.2) is 0 Å². The number of esters is 1. The van der Waals surface area contributed by atoms with Crippen LogP contribution in [0.25, 0.3) is 0 Å². The predicted octanol–water partition coefficient (Wildman–Crippen LogP) is 1.35. The molecule has 1 heterocycles. The second-order valence-electron chi connectivity index (χ2n) is 5.04. The SMILES string of the molecule is C=CC1CC1(NC(=C)[C@@H]1CCCN1)C(=O)OCC. The minimum absolute atomic E-state index is 0.148. The molecule has 4 nitrogen and oxygen atoms in total. The van der Waals surface area contributed by atoms with Crippen molar-refractivity contribution < 1.29 is 9.53 Å². The van der Waals surface area contributed by atoms with Crippen molar-refractivity contribution >= 4 is 5.97 Å². The molecule has 0 radical (unpaired) electrons. The van der Waals surface area contributed by atoms with Gasteiger partial charge in [0.1, 0.15) is 5.54 Å². The lowest BCUT2D eigenvalue weighted by Crippen LogP contribution is -2.45. The Hall–Kier alpha value is -1.29. The number of rotatable bonds is 6. The molecule has 0 aromatic heterocycles. The molecule has 0 amide bonds. The van der Waals surface area contributed by atoms with Crippen LogP contribution in [-0.2, 0) is 9.53 Å². The van der Waals surface area contributed by atoms with Crippen LogP contribution in [0.3, 0.4) is 0 Å². The molecule has 0 aromatic rings. The Labute approximate surface area is 108 Å². The molecule has 1 saturated carbocycles. The second kappa shape index (κ2) is 5.14. The van der Waals surface area contributed by atoms with E-state index in [1.165, 1.54) is 0 Å². The monoisotopic (exact) mass is 250 g/mol. The van der Waals surface area contributed by atoms with E-state index < -0.39 is 5.54 Å². The van der Waals surface area contributed by atoms with Gasteiger partial charge in [0.25, 0.3) is 0 Å². The van der Waals surface area contributed by atoms with Gasteiger partial charge in [0.2, 0.25) is 0 Å². The standard InChI is InChI=1S/C14H22N2O2/c1-4-11-9-14(11,13(17)18-5-2)16-10(3)12-7-6-8-15-12/h4,11-12,15-16H,1,3,5-9H2,2H3/t11?,12-,14?/m0/s1. The van der Waals surface area contributed by atoms with Gasteiger partial charge in [0, 0.05) is 17.7 Å². The number of ether oxygens (including phenoxy) is 1. The van der Waals surface area contributed by atoms with Crippen molar-refractivity contribution in [3.05, 3.63) is 24.9 Å². The molecule has 18 heavy (non-hydrogen) atoms. The first-order valence-corrected chi connectivity index (χ1v) is 6.64. The Morgan fingerprint density at radius 3 is 2.94 bits per heavy atom.